The maximum Gasteiger partial charge on any atom is 0.412 e. The van der Waals surface area contributed by atoms with Gasteiger partial charge in [0.05, 0.1) is 11.9 Å². The first-order chi connectivity index (χ1) is 8.33. The number of H-pyrrole nitrogens is 1. The van der Waals surface area contributed by atoms with Crippen LogP contribution in [0.15, 0.2) is 18.3 Å². The summed E-state index contributed by atoms with van der Waals surface area (Å²) in [4.78, 5) is 18.9. The molecule has 2 heterocycles. The summed E-state index contributed by atoms with van der Waals surface area (Å²) in [5.74, 6) is 0. The molecule has 5 heteroatoms. The van der Waals surface area contributed by atoms with Crippen molar-refractivity contribution in [1.82, 2.24) is 9.97 Å². The Kier molecular flexibility index (Phi) is 2.98. The van der Waals surface area contributed by atoms with Crippen LogP contribution in [-0.2, 0) is 4.74 Å². The first kappa shape index (κ1) is 12.4. The van der Waals surface area contributed by atoms with Gasteiger partial charge in [-0.3, -0.25) is 5.32 Å². The molecule has 0 aliphatic rings. The Balaban J connectivity index is 2.14. The lowest BCUT2D eigenvalue weighted by molar-refractivity contribution is 0.0636. The minimum absolute atomic E-state index is 0.476. The van der Waals surface area contributed by atoms with Gasteiger partial charge < -0.3 is 9.72 Å². The number of nitrogens with one attached hydrogen (secondary N) is 2. The van der Waals surface area contributed by atoms with Crippen molar-refractivity contribution in [3.63, 3.8) is 0 Å². The van der Waals surface area contributed by atoms with Gasteiger partial charge in [0.2, 0.25) is 0 Å². The Morgan fingerprint density at radius 2 is 2.11 bits per heavy atom. The number of anilines is 1. The lowest BCUT2D eigenvalue weighted by atomic mass is 10.2. The average Bonchev–Trinajstić information content (AvgIpc) is 2.53. The summed E-state index contributed by atoms with van der Waals surface area (Å²) in [6, 6.07) is 3.83. The second-order valence-corrected chi connectivity index (χ2v) is 5.24. The molecular weight excluding hydrogens is 230 g/mol. The predicted molar refractivity (Wildman–Crippen MR) is 70.7 cm³/mol. The van der Waals surface area contributed by atoms with Crippen molar-refractivity contribution in [2.75, 3.05) is 5.32 Å². The first-order valence-electron chi connectivity index (χ1n) is 5.79. The highest BCUT2D eigenvalue weighted by atomic mass is 16.6. The first-order valence-corrected chi connectivity index (χ1v) is 5.79. The van der Waals surface area contributed by atoms with Crippen LogP contribution in [0.25, 0.3) is 11.0 Å². The maximum absolute atomic E-state index is 11.6. The second-order valence-electron chi connectivity index (χ2n) is 5.24. The van der Waals surface area contributed by atoms with Crippen LogP contribution in [0.1, 0.15) is 26.5 Å². The molecule has 2 aromatic rings. The molecule has 0 spiro atoms. The fourth-order valence-corrected chi connectivity index (χ4v) is 1.64. The van der Waals surface area contributed by atoms with Crippen LogP contribution in [0.5, 0.6) is 0 Å². The number of pyridine rings is 1. The molecule has 0 aliphatic carbocycles. The zero-order valence-electron chi connectivity index (χ0n) is 11.0. The van der Waals surface area contributed by atoms with Crippen molar-refractivity contribution in [3.05, 3.63) is 24.0 Å². The standard InChI is InChI=1S/C13H17N3O2/c1-8-5-9-6-10(7-14-11(9)15-8)16-12(17)18-13(2,3)4/h5-7H,1-4H3,(H,14,15)(H,16,17). The van der Waals surface area contributed by atoms with Crippen molar-refractivity contribution in [2.45, 2.75) is 33.3 Å². The number of aromatic amines is 1. The summed E-state index contributed by atoms with van der Waals surface area (Å²) in [7, 11) is 0. The van der Waals surface area contributed by atoms with E-state index in [0.29, 0.717) is 5.69 Å². The Labute approximate surface area is 106 Å². The number of hydrogen-bond acceptors (Lipinski definition) is 3. The van der Waals surface area contributed by atoms with Crippen molar-refractivity contribution in [3.8, 4) is 0 Å². The molecule has 96 valence electrons. The molecule has 0 aliphatic heterocycles. The smallest absolute Gasteiger partial charge is 0.412 e. The minimum Gasteiger partial charge on any atom is -0.444 e. The van der Waals surface area contributed by atoms with Crippen LogP contribution in [0.4, 0.5) is 10.5 Å². The van der Waals surface area contributed by atoms with E-state index < -0.39 is 11.7 Å². The van der Waals surface area contributed by atoms with E-state index in [1.54, 1.807) is 6.20 Å². The number of aromatic nitrogens is 2. The summed E-state index contributed by atoms with van der Waals surface area (Å²) in [6.07, 6.45) is 1.12. The predicted octanol–water partition coefficient (Wildman–Crippen LogP) is 3.22. The van der Waals surface area contributed by atoms with E-state index >= 15 is 0 Å². The van der Waals surface area contributed by atoms with Gasteiger partial charge in [0.1, 0.15) is 11.2 Å². The lowest BCUT2D eigenvalue weighted by Gasteiger charge is -2.19. The van der Waals surface area contributed by atoms with Gasteiger partial charge in [-0.1, -0.05) is 0 Å². The molecule has 0 radical (unpaired) electrons. The van der Waals surface area contributed by atoms with E-state index in [0.717, 1.165) is 16.7 Å². The molecule has 0 aromatic carbocycles. The topological polar surface area (TPSA) is 67.0 Å². The number of carbonyl (C=O) groups is 1. The maximum atomic E-state index is 11.6. The summed E-state index contributed by atoms with van der Waals surface area (Å²) in [5, 5.41) is 3.62. The fourth-order valence-electron chi connectivity index (χ4n) is 1.64. The molecule has 18 heavy (non-hydrogen) atoms. The van der Waals surface area contributed by atoms with Gasteiger partial charge in [0.25, 0.3) is 0 Å². The van der Waals surface area contributed by atoms with Gasteiger partial charge in [-0.25, -0.2) is 9.78 Å². The van der Waals surface area contributed by atoms with Crippen molar-refractivity contribution in [2.24, 2.45) is 0 Å². The normalized spacial score (nSPS) is 11.6. The van der Waals surface area contributed by atoms with Gasteiger partial charge >= 0.3 is 6.09 Å². The van der Waals surface area contributed by atoms with E-state index in [-0.39, 0.29) is 0 Å². The third kappa shape index (κ3) is 3.00. The van der Waals surface area contributed by atoms with Gasteiger partial charge in [-0.2, -0.15) is 0 Å². The number of nitrogens with zero attached hydrogens (tertiary/aromatic N) is 1. The molecule has 1 amide bonds. The molecule has 0 bridgehead atoms. The van der Waals surface area contributed by atoms with E-state index in [1.165, 1.54) is 0 Å². The highest BCUT2D eigenvalue weighted by molar-refractivity contribution is 5.88. The van der Waals surface area contributed by atoms with Gasteiger partial charge in [0.15, 0.2) is 0 Å². The van der Waals surface area contributed by atoms with E-state index in [4.69, 9.17) is 4.74 Å². The third-order valence-corrected chi connectivity index (χ3v) is 2.25. The van der Waals surface area contributed by atoms with E-state index in [2.05, 4.69) is 15.3 Å². The summed E-state index contributed by atoms with van der Waals surface area (Å²) in [5.41, 5.74) is 1.96. The van der Waals surface area contributed by atoms with E-state index in [1.807, 2.05) is 39.8 Å². The van der Waals surface area contributed by atoms with Crippen molar-refractivity contribution in [1.29, 1.82) is 0 Å². The van der Waals surface area contributed by atoms with Crippen LogP contribution < -0.4 is 5.32 Å². The quantitative estimate of drug-likeness (QED) is 0.813. The molecule has 2 N–H and O–H groups in total. The third-order valence-electron chi connectivity index (χ3n) is 2.25. The fraction of sp³-hybridized carbons (Fsp3) is 0.385. The Bertz CT molecular complexity index is 581. The molecule has 2 rings (SSSR count). The Morgan fingerprint density at radius 1 is 1.39 bits per heavy atom. The molecule has 0 unspecified atom stereocenters. The number of aryl methyl sites for hydroxylation is 1. The van der Waals surface area contributed by atoms with Crippen LogP contribution in [0.2, 0.25) is 0 Å². The molecule has 0 saturated carbocycles. The molecule has 2 aromatic heterocycles. The number of rotatable bonds is 1. The summed E-state index contributed by atoms with van der Waals surface area (Å²) in [6.45, 7) is 7.43. The molecule has 0 fully saturated rings. The highest BCUT2D eigenvalue weighted by Gasteiger charge is 2.16. The monoisotopic (exact) mass is 247 g/mol. The minimum atomic E-state index is -0.508. The van der Waals surface area contributed by atoms with Gasteiger partial charge in [-0.05, 0) is 39.8 Å². The summed E-state index contributed by atoms with van der Waals surface area (Å²) >= 11 is 0. The van der Waals surface area contributed by atoms with Crippen LogP contribution >= 0.6 is 0 Å². The van der Waals surface area contributed by atoms with Crippen LogP contribution in [0, 0.1) is 6.92 Å². The van der Waals surface area contributed by atoms with Crippen molar-refractivity contribution < 1.29 is 9.53 Å². The van der Waals surface area contributed by atoms with Crippen LogP contribution in [-0.4, -0.2) is 21.7 Å². The Morgan fingerprint density at radius 3 is 2.78 bits per heavy atom. The Hall–Kier alpha value is -2.04. The molecule has 0 atom stereocenters. The number of amides is 1. The number of hydrogen-bond donors (Lipinski definition) is 2. The zero-order chi connectivity index (χ0) is 13.3. The van der Waals surface area contributed by atoms with Gasteiger partial charge in [0, 0.05) is 11.1 Å². The number of carbonyl (C=O) groups excluding carboxylic acids is 1. The number of fused-ring (bicyclic) bond motifs is 1. The second kappa shape index (κ2) is 4.33. The SMILES string of the molecule is Cc1cc2cc(NC(=O)OC(C)(C)C)cnc2[nH]1. The van der Waals surface area contributed by atoms with Gasteiger partial charge in [-0.15, -0.1) is 0 Å². The largest absolute Gasteiger partial charge is 0.444 e. The average molecular weight is 247 g/mol. The zero-order valence-corrected chi connectivity index (χ0v) is 11.0. The van der Waals surface area contributed by atoms with E-state index in [9.17, 15) is 4.79 Å². The van der Waals surface area contributed by atoms with Crippen LogP contribution in [0.3, 0.4) is 0 Å². The molecule has 5 nitrogen and oxygen atoms in total. The summed E-state index contributed by atoms with van der Waals surface area (Å²) < 4.78 is 5.17. The molecule has 0 saturated heterocycles. The number of ether oxygens (including phenoxy) is 1. The highest BCUT2D eigenvalue weighted by Crippen LogP contribution is 2.18. The molecular formula is C13H17N3O2. The lowest BCUT2D eigenvalue weighted by Crippen LogP contribution is -2.27. The van der Waals surface area contributed by atoms with Crippen molar-refractivity contribution >= 4 is 22.8 Å².